The highest BCUT2D eigenvalue weighted by Gasteiger charge is 2.23. The second-order valence-electron chi connectivity index (χ2n) is 6.71. The Bertz CT molecular complexity index is 1030. The number of fused-ring (bicyclic) bond motifs is 1. The molecule has 0 saturated heterocycles. The molecule has 0 atom stereocenters. The zero-order valence-corrected chi connectivity index (χ0v) is 17.5. The van der Waals surface area contributed by atoms with E-state index in [0.717, 1.165) is 16.0 Å². The maximum atomic E-state index is 12.6. The van der Waals surface area contributed by atoms with Crippen LogP contribution < -0.4 is 10.5 Å². The third kappa shape index (κ3) is 5.72. The summed E-state index contributed by atoms with van der Waals surface area (Å²) < 4.78 is 11.3. The van der Waals surface area contributed by atoms with E-state index in [2.05, 4.69) is 15.1 Å². The number of nitrogen functional groups attached to an aromatic ring is 1. The average molecular weight is 434 g/mol. The van der Waals surface area contributed by atoms with E-state index < -0.39 is 24.1 Å². The van der Waals surface area contributed by atoms with Crippen LogP contribution in [0, 0.1) is 0 Å². The van der Waals surface area contributed by atoms with Gasteiger partial charge in [-0.05, 0) is 32.9 Å². The van der Waals surface area contributed by atoms with Gasteiger partial charge in [-0.3, -0.25) is 0 Å². The number of ether oxygens (including phenoxy) is 2. The summed E-state index contributed by atoms with van der Waals surface area (Å²) in [6.07, 6.45) is 0. The number of rotatable bonds is 6. The molecule has 0 radical (unpaired) electrons. The molecule has 11 heteroatoms. The number of oxime groups is 1. The number of aromatic nitrogens is 2. The molecule has 0 amide bonds. The summed E-state index contributed by atoms with van der Waals surface area (Å²) >= 11 is 2.34. The smallest absolute Gasteiger partial charge is 0.370 e. The van der Waals surface area contributed by atoms with Gasteiger partial charge in [-0.1, -0.05) is 28.6 Å². The molecule has 0 spiro atoms. The molecule has 1 aromatic carbocycles. The predicted octanol–water partition coefficient (Wildman–Crippen LogP) is 3.00. The lowest BCUT2D eigenvalue weighted by Gasteiger charge is -2.18. The Kier molecular flexibility index (Phi) is 6.09. The normalized spacial score (nSPS) is 12.0. The number of carbonyl (C=O) groups is 2. The number of nitrogens with zero attached hydrogens (tertiary/aromatic N) is 3. The van der Waals surface area contributed by atoms with Gasteiger partial charge in [-0.25, -0.2) is 19.6 Å². The van der Waals surface area contributed by atoms with Crippen molar-refractivity contribution in [1.29, 1.82) is 0 Å². The first-order valence-electron chi connectivity index (χ1n) is 8.42. The number of thiazole rings is 2. The Morgan fingerprint density at radius 3 is 2.62 bits per heavy atom. The van der Waals surface area contributed by atoms with Crippen molar-refractivity contribution < 1.29 is 23.9 Å². The number of nitrogens with two attached hydrogens (primary N) is 1. The molecular formula is C18H18N4O5S2. The molecular weight excluding hydrogens is 416 g/mol. The van der Waals surface area contributed by atoms with Crippen molar-refractivity contribution in [2.45, 2.75) is 26.4 Å². The molecule has 2 N–H and O–H groups in total. The number of para-hydroxylation sites is 1. The first-order valence-corrected chi connectivity index (χ1v) is 10.1. The first-order chi connectivity index (χ1) is 13.7. The maximum Gasteiger partial charge on any atom is 0.370 e. The van der Waals surface area contributed by atoms with Crippen LogP contribution in [0.4, 0.5) is 5.13 Å². The summed E-state index contributed by atoms with van der Waals surface area (Å²) in [4.78, 5) is 37.7. The van der Waals surface area contributed by atoms with E-state index in [1.54, 1.807) is 20.8 Å². The van der Waals surface area contributed by atoms with Gasteiger partial charge in [0.1, 0.15) is 11.3 Å². The van der Waals surface area contributed by atoms with Crippen molar-refractivity contribution in [3.05, 3.63) is 35.3 Å². The lowest BCUT2D eigenvalue weighted by molar-refractivity contribution is -0.160. The van der Waals surface area contributed by atoms with Crippen molar-refractivity contribution in [1.82, 2.24) is 9.97 Å². The number of carbonyl (C=O) groups excluding carboxylic acids is 2. The standard InChI is InChI=1S/C18H18N4O5S2/c1-18(2,3)27-13(23)8-25-22-14(11-9-28-16(19)20-11)15(24)26-17-21-10-6-4-5-7-12(10)29-17/h4-7,9H,8H2,1-3H3,(H2,19,20)/b22-14-. The number of benzene rings is 1. The molecule has 0 fully saturated rings. The fourth-order valence-electron chi connectivity index (χ4n) is 2.13. The van der Waals surface area contributed by atoms with Crippen molar-refractivity contribution >= 4 is 55.7 Å². The van der Waals surface area contributed by atoms with Crippen LogP contribution in [0.1, 0.15) is 26.5 Å². The number of hydrogen-bond donors (Lipinski definition) is 1. The van der Waals surface area contributed by atoms with E-state index in [1.165, 1.54) is 16.7 Å². The van der Waals surface area contributed by atoms with E-state index in [1.807, 2.05) is 24.3 Å². The first kappa shape index (κ1) is 20.7. The lowest BCUT2D eigenvalue weighted by Crippen LogP contribution is -2.27. The largest absolute Gasteiger partial charge is 0.457 e. The molecule has 2 heterocycles. The van der Waals surface area contributed by atoms with Gasteiger partial charge in [0.15, 0.2) is 5.13 Å². The van der Waals surface area contributed by atoms with Crippen LogP contribution in [0.5, 0.6) is 5.19 Å². The molecule has 0 aliphatic rings. The molecule has 2 aromatic heterocycles. The summed E-state index contributed by atoms with van der Waals surface area (Å²) in [6.45, 7) is 4.71. The van der Waals surface area contributed by atoms with Crippen LogP contribution in [0.15, 0.2) is 34.8 Å². The molecule has 29 heavy (non-hydrogen) atoms. The van der Waals surface area contributed by atoms with Crippen LogP contribution in [0.2, 0.25) is 0 Å². The quantitative estimate of drug-likeness (QED) is 0.356. The van der Waals surface area contributed by atoms with Crippen molar-refractivity contribution in [2.24, 2.45) is 5.16 Å². The van der Waals surface area contributed by atoms with Crippen LogP contribution in [0.3, 0.4) is 0 Å². The molecule has 3 aromatic rings. The fraction of sp³-hybridized carbons (Fsp3) is 0.278. The predicted molar refractivity (Wildman–Crippen MR) is 110 cm³/mol. The lowest BCUT2D eigenvalue weighted by atomic mass is 10.2. The molecule has 3 rings (SSSR count). The molecule has 0 aliphatic heterocycles. The SMILES string of the molecule is CC(C)(C)OC(=O)CO/N=C(\C(=O)Oc1nc2ccccc2s1)c1csc(N)n1. The highest BCUT2D eigenvalue weighted by Crippen LogP contribution is 2.27. The maximum absolute atomic E-state index is 12.6. The van der Waals surface area contributed by atoms with E-state index >= 15 is 0 Å². The summed E-state index contributed by atoms with van der Waals surface area (Å²) in [5, 5.41) is 5.66. The van der Waals surface area contributed by atoms with Gasteiger partial charge < -0.3 is 20.0 Å². The second-order valence-corrected chi connectivity index (χ2v) is 8.59. The third-order valence-electron chi connectivity index (χ3n) is 3.17. The highest BCUT2D eigenvalue weighted by atomic mass is 32.1. The third-order valence-corrected chi connectivity index (χ3v) is 4.76. The second kappa shape index (κ2) is 8.53. The Balaban J connectivity index is 1.75. The van der Waals surface area contributed by atoms with Gasteiger partial charge >= 0.3 is 11.9 Å². The van der Waals surface area contributed by atoms with Gasteiger partial charge in [0.2, 0.25) is 12.3 Å². The topological polar surface area (TPSA) is 126 Å². The van der Waals surface area contributed by atoms with E-state index in [-0.39, 0.29) is 21.7 Å². The minimum Gasteiger partial charge on any atom is -0.457 e. The van der Waals surface area contributed by atoms with E-state index in [4.69, 9.17) is 20.0 Å². The number of esters is 2. The van der Waals surface area contributed by atoms with Crippen LogP contribution in [0.25, 0.3) is 10.2 Å². The minimum atomic E-state index is -0.835. The summed E-state index contributed by atoms with van der Waals surface area (Å²) in [5.74, 6) is -1.46. The Morgan fingerprint density at radius 2 is 1.97 bits per heavy atom. The van der Waals surface area contributed by atoms with Gasteiger partial charge in [-0.2, -0.15) is 0 Å². The fourth-order valence-corrected chi connectivity index (χ4v) is 3.49. The molecule has 0 aliphatic carbocycles. The van der Waals surface area contributed by atoms with Gasteiger partial charge in [-0.15, -0.1) is 11.3 Å². The monoisotopic (exact) mass is 434 g/mol. The Labute approximate surface area is 174 Å². The number of hydrogen-bond acceptors (Lipinski definition) is 11. The van der Waals surface area contributed by atoms with Crippen LogP contribution in [-0.4, -0.2) is 39.8 Å². The Morgan fingerprint density at radius 1 is 1.21 bits per heavy atom. The van der Waals surface area contributed by atoms with Gasteiger partial charge in [0, 0.05) is 5.38 Å². The van der Waals surface area contributed by atoms with Crippen LogP contribution >= 0.6 is 22.7 Å². The zero-order valence-electron chi connectivity index (χ0n) is 15.9. The zero-order chi connectivity index (χ0) is 21.0. The van der Waals surface area contributed by atoms with E-state index in [9.17, 15) is 9.59 Å². The average Bonchev–Trinajstić information content (AvgIpc) is 3.22. The van der Waals surface area contributed by atoms with Crippen molar-refractivity contribution in [2.75, 3.05) is 12.3 Å². The van der Waals surface area contributed by atoms with Gasteiger partial charge in [0.05, 0.1) is 10.2 Å². The number of anilines is 1. The minimum absolute atomic E-state index is 0.152. The van der Waals surface area contributed by atoms with E-state index in [0.29, 0.717) is 5.52 Å². The summed E-state index contributed by atoms with van der Waals surface area (Å²) in [7, 11) is 0. The highest BCUT2D eigenvalue weighted by molar-refractivity contribution is 7.20. The van der Waals surface area contributed by atoms with Crippen LogP contribution in [-0.2, 0) is 19.2 Å². The van der Waals surface area contributed by atoms with Crippen molar-refractivity contribution in [3.63, 3.8) is 0 Å². The van der Waals surface area contributed by atoms with Gasteiger partial charge in [0.25, 0.3) is 5.19 Å². The summed E-state index contributed by atoms with van der Waals surface area (Å²) in [5.41, 5.74) is 5.62. The van der Waals surface area contributed by atoms with Crippen molar-refractivity contribution in [3.8, 4) is 5.19 Å². The molecule has 0 saturated carbocycles. The Hall–Kier alpha value is -3.05. The molecule has 9 nitrogen and oxygen atoms in total. The molecule has 0 bridgehead atoms. The summed E-state index contributed by atoms with van der Waals surface area (Å²) in [6, 6.07) is 7.37. The molecule has 152 valence electrons. The molecule has 0 unspecified atom stereocenters.